The van der Waals surface area contributed by atoms with Crippen molar-refractivity contribution in [2.75, 3.05) is 11.5 Å². The molecule has 0 bridgehead atoms. The molecule has 34 heavy (non-hydrogen) atoms. The third kappa shape index (κ3) is 5.10. The first-order chi connectivity index (χ1) is 16.5. The van der Waals surface area contributed by atoms with Crippen LogP contribution in [-0.2, 0) is 16.2 Å². The first-order valence-electron chi connectivity index (χ1n) is 10.6. The minimum absolute atomic E-state index is 0.166. The van der Waals surface area contributed by atoms with Crippen molar-refractivity contribution in [1.29, 1.82) is 0 Å². The van der Waals surface area contributed by atoms with Crippen molar-refractivity contribution in [2.24, 2.45) is 0 Å². The number of hydrogen-bond donors (Lipinski definition) is 1. The highest BCUT2D eigenvalue weighted by Gasteiger charge is 2.36. The van der Waals surface area contributed by atoms with E-state index >= 15 is 0 Å². The number of urea groups is 1. The number of amides is 4. The Morgan fingerprint density at radius 1 is 0.912 bits per heavy atom. The fourth-order valence-corrected chi connectivity index (χ4v) is 3.51. The molecule has 1 saturated heterocycles. The molecular formula is C26H21ClN2O5. The van der Waals surface area contributed by atoms with Crippen LogP contribution in [0.3, 0.4) is 0 Å². The topological polar surface area (TPSA) is 84.9 Å². The summed E-state index contributed by atoms with van der Waals surface area (Å²) >= 11 is 5.92. The zero-order valence-electron chi connectivity index (χ0n) is 18.3. The van der Waals surface area contributed by atoms with Crippen LogP contribution in [0.25, 0.3) is 6.08 Å². The van der Waals surface area contributed by atoms with Crippen LogP contribution < -0.4 is 19.7 Å². The van der Waals surface area contributed by atoms with Crippen molar-refractivity contribution in [3.63, 3.8) is 0 Å². The van der Waals surface area contributed by atoms with Gasteiger partial charge in [0.25, 0.3) is 11.8 Å². The summed E-state index contributed by atoms with van der Waals surface area (Å²) in [6.45, 7) is 2.55. The molecule has 4 rings (SSSR count). The van der Waals surface area contributed by atoms with Gasteiger partial charge in [0.1, 0.15) is 12.2 Å². The number of imide groups is 2. The van der Waals surface area contributed by atoms with Crippen molar-refractivity contribution in [1.82, 2.24) is 5.32 Å². The van der Waals surface area contributed by atoms with Gasteiger partial charge in [0, 0.05) is 5.02 Å². The van der Waals surface area contributed by atoms with E-state index in [9.17, 15) is 14.4 Å². The van der Waals surface area contributed by atoms with Crippen LogP contribution in [-0.4, -0.2) is 24.5 Å². The molecule has 0 unspecified atom stereocenters. The maximum absolute atomic E-state index is 13.0. The number of halogens is 1. The number of carbonyl (C=O) groups is 3. The van der Waals surface area contributed by atoms with E-state index in [0.717, 1.165) is 10.5 Å². The molecule has 0 radical (unpaired) electrons. The molecule has 172 valence electrons. The SMILES string of the molecule is CCOc1cc(/C=C2/C(=O)NC(=O)N(c3ccccc3)C2=O)ccc1OCc1ccc(Cl)cc1. The average molecular weight is 477 g/mol. The fraction of sp³-hybridized carbons (Fsp3) is 0.115. The summed E-state index contributed by atoms with van der Waals surface area (Å²) in [5.41, 5.74) is 1.68. The minimum atomic E-state index is -0.792. The molecule has 0 aromatic heterocycles. The van der Waals surface area contributed by atoms with Crippen molar-refractivity contribution in [3.05, 3.63) is 94.5 Å². The number of nitrogens with one attached hydrogen (secondary N) is 1. The van der Waals surface area contributed by atoms with E-state index in [0.29, 0.717) is 41.0 Å². The van der Waals surface area contributed by atoms with E-state index in [1.54, 1.807) is 60.7 Å². The molecule has 3 aromatic carbocycles. The van der Waals surface area contributed by atoms with Gasteiger partial charge >= 0.3 is 6.03 Å². The molecule has 3 aromatic rings. The summed E-state index contributed by atoms with van der Waals surface area (Å²) in [5.74, 6) is -0.492. The summed E-state index contributed by atoms with van der Waals surface area (Å²) in [6.07, 6.45) is 1.42. The number of para-hydroxylation sites is 1. The second-order valence-electron chi connectivity index (χ2n) is 7.35. The first-order valence-corrected chi connectivity index (χ1v) is 10.9. The Labute approximate surface area is 201 Å². The molecule has 1 aliphatic heterocycles. The van der Waals surface area contributed by atoms with Crippen LogP contribution in [0.4, 0.5) is 10.5 Å². The zero-order valence-corrected chi connectivity index (χ0v) is 19.0. The molecule has 0 saturated carbocycles. The largest absolute Gasteiger partial charge is 0.490 e. The van der Waals surface area contributed by atoms with Gasteiger partial charge in [0.15, 0.2) is 11.5 Å². The first kappa shape index (κ1) is 23.1. The van der Waals surface area contributed by atoms with Gasteiger partial charge in [0.05, 0.1) is 12.3 Å². The van der Waals surface area contributed by atoms with E-state index in [-0.39, 0.29) is 5.57 Å². The summed E-state index contributed by atoms with van der Waals surface area (Å²) in [7, 11) is 0. The lowest BCUT2D eigenvalue weighted by atomic mass is 10.1. The van der Waals surface area contributed by atoms with Crippen LogP contribution >= 0.6 is 11.6 Å². The van der Waals surface area contributed by atoms with Gasteiger partial charge in [-0.3, -0.25) is 14.9 Å². The number of nitrogens with zero attached hydrogens (tertiary/aromatic N) is 1. The van der Waals surface area contributed by atoms with Gasteiger partial charge in [-0.2, -0.15) is 0 Å². The zero-order chi connectivity index (χ0) is 24.1. The maximum Gasteiger partial charge on any atom is 0.335 e. The van der Waals surface area contributed by atoms with Crippen LogP contribution in [0.1, 0.15) is 18.1 Å². The number of rotatable bonds is 7. The average Bonchev–Trinajstić information content (AvgIpc) is 2.83. The lowest BCUT2D eigenvalue weighted by Crippen LogP contribution is -2.54. The third-order valence-electron chi connectivity index (χ3n) is 5.00. The molecule has 1 fully saturated rings. The number of anilines is 1. The van der Waals surface area contributed by atoms with Gasteiger partial charge in [-0.25, -0.2) is 9.69 Å². The lowest BCUT2D eigenvalue weighted by molar-refractivity contribution is -0.122. The molecule has 1 aliphatic rings. The number of barbiturate groups is 1. The fourth-order valence-electron chi connectivity index (χ4n) is 3.38. The smallest absolute Gasteiger partial charge is 0.335 e. The summed E-state index contributed by atoms with van der Waals surface area (Å²) in [4.78, 5) is 38.7. The Hall–Kier alpha value is -4.10. The summed E-state index contributed by atoms with van der Waals surface area (Å²) in [5, 5.41) is 2.86. The monoisotopic (exact) mass is 476 g/mol. The maximum atomic E-state index is 13.0. The van der Waals surface area contributed by atoms with Crippen LogP contribution in [0.2, 0.25) is 5.02 Å². The molecular weight excluding hydrogens is 456 g/mol. The molecule has 0 spiro atoms. The minimum Gasteiger partial charge on any atom is -0.490 e. The number of hydrogen-bond acceptors (Lipinski definition) is 5. The molecule has 0 atom stereocenters. The molecule has 1 N–H and O–H groups in total. The Morgan fingerprint density at radius 3 is 2.35 bits per heavy atom. The highest BCUT2D eigenvalue weighted by atomic mass is 35.5. The Balaban J connectivity index is 1.60. The predicted molar refractivity (Wildman–Crippen MR) is 129 cm³/mol. The second kappa shape index (κ2) is 10.2. The molecule has 7 nitrogen and oxygen atoms in total. The van der Waals surface area contributed by atoms with Gasteiger partial charge in [0.2, 0.25) is 0 Å². The molecule has 8 heteroatoms. The molecule has 0 aliphatic carbocycles. The Bertz CT molecular complexity index is 1260. The lowest BCUT2D eigenvalue weighted by Gasteiger charge is -2.26. The Morgan fingerprint density at radius 2 is 1.65 bits per heavy atom. The van der Waals surface area contributed by atoms with Crippen molar-refractivity contribution in [2.45, 2.75) is 13.5 Å². The molecule has 1 heterocycles. The van der Waals surface area contributed by atoms with Gasteiger partial charge < -0.3 is 9.47 Å². The number of ether oxygens (including phenoxy) is 2. The summed E-state index contributed by atoms with van der Waals surface area (Å²) < 4.78 is 11.6. The molecule has 4 amide bonds. The second-order valence-corrected chi connectivity index (χ2v) is 7.78. The normalized spacial score (nSPS) is 14.8. The van der Waals surface area contributed by atoms with Crippen molar-refractivity contribution in [3.8, 4) is 11.5 Å². The van der Waals surface area contributed by atoms with E-state index in [2.05, 4.69) is 5.32 Å². The third-order valence-corrected chi connectivity index (χ3v) is 5.25. The van der Waals surface area contributed by atoms with Gasteiger partial charge in [-0.1, -0.05) is 48.0 Å². The number of benzene rings is 3. The number of carbonyl (C=O) groups excluding carboxylic acids is 3. The van der Waals surface area contributed by atoms with Crippen LogP contribution in [0.15, 0.2) is 78.4 Å². The van der Waals surface area contributed by atoms with E-state index in [4.69, 9.17) is 21.1 Å². The highest BCUT2D eigenvalue weighted by molar-refractivity contribution is 6.39. The van der Waals surface area contributed by atoms with E-state index in [1.807, 2.05) is 19.1 Å². The van der Waals surface area contributed by atoms with Gasteiger partial charge in [-0.15, -0.1) is 0 Å². The van der Waals surface area contributed by atoms with E-state index in [1.165, 1.54) is 6.08 Å². The van der Waals surface area contributed by atoms with Crippen molar-refractivity contribution >= 4 is 41.2 Å². The summed E-state index contributed by atoms with van der Waals surface area (Å²) in [6, 6.07) is 20.0. The van der Waals surface area contributed by atoms with Crippen LogP contribution in [0.5, 0.6) is 11.5 Å². The highest BCUT2D eigenvalue weighted by Crippen LogP contribution is 2.31. The quantitative estimate of drug-likeness (QED) is 0.384. The Kier molecular flexibility index (Phi) is 6.94. The van der Waals surface area contributed by atoms with Crippen LogP contribution in [0, 0.1) is 0 Å². The van der Waals surface area contributed by atoms with Gasteiger partial charge in [-0.05, 0) is 60.5 Å². The standard InChI is InChI=1S/C26H21ClN2O5/c1-2-33-23-15-18(10-13-22(23)34-16-17-8-11-19(27)12-9-17)14-21-24(30)28-26(32)29(25(21)31)20-6-4-3-5-7-20/h3-15H,2,16H2,1H3,(H,28,30,32)/b21-14-. The van der Waals surface area contributed by atoms with E-state index < -0.39 is 17.8 Å². The predicted octanol–water partition coefficient (Wildman–Crippen LogP) is 4.98. The van der Waals surface area contributed by atoms with Crippen molar-refractivity contribution < 1.29 is 23.9 Å².